The van der Waals surface area contributed by atoms with Gasteiger partial charge in [-0.15, -0.1) is 11.3 Å². The van der Waals surface area contributed by atoms with Gasteiger partial charge in [0.15, 0.2) is 5.75 Å². The number of thiophene rings is 1. The summed E-state index contributed by atoms with van der Waals surface area (Å²) < 4.78 is 16.5. The van der Waals surface area contributed by atoms with E-state index in [9.17, 15) is 10.1 Å². The molecule has 162 valence electrons. The number of carbonyl (C=O) groups is 1. The van der Waals surface area contributed by atoms with Gasteiger partial charge in [-0.3, -0.25) is 0 Å². The molecule has 6 nitrogen and oxygen atoms in total. The van der Waals surface area contributed by atoms with Crippen LogP contribution in [0.3, 0.4) is 0 Å². The van der Waals surface area contributed by atoms with Gasteiger partial charge in [0.05, 0.1) is 17.9 Å². The normalized spacial score (nSPS) is 14.9. The van der Waals surface area contributed by atoms with Gasteiger partial charge >= 0.3 is 5.97 Å². The van der Waals surface area contributed by atoms with Crippen molar-refractivity contribution in [3.05, 3.63) is 92.0 Å². The smallest absolute Gasteiger partial charge is 0.342 e. The number of nitrogens with two attached hydrogens (primary N) is 1. The highest BCUT2D eigenvalue weighted by molar-refractivity contribution is 7.12. The van der Waals surface area contributed by atoms with E-state index in [0.717, 1.165) is 26.6 Å². The lowest BCUT2D eigenvalue weighted by atomic mass is 9.88. The maximum Gasteiger partial charge on any atom is 0.342 e. The van der Waals surface area contributed by atoms with E-state index in [4.69, 9.17) is 19.9 Å². The Balaban J connectivity index is 1.64. The second-order valence-corrected chi connectivity index (χ2v) is 8.74. The maximum atomic E-state index is 12.3. The Morgan fingerprint density at radius 1 is 1.16 bits per heavy atom. The van der Waals surface area contributed by atoms with Crippen LogP contribution in [-0.4, -0.2) is 13.1 Å². The van der Waals surface area contributed by atoms with Crippen LogP contribution in [0.25, 0.3) is 0 Å². The third kappa shape index (κ3) is 3.93. The molecule has 32 heavy (non-hydrogen) atoms. The van der Waals surface area contributed by atoms with Crippen LogP contribution in [-0.2, 0) is 11.3 Å². The summed E-state index contributed by atoms with van der Waals surface area (Å²) in [5, 5.41) is 9.76. The number of ether oxygens (including phenoxy) is 3. The largest absolute Gasteiger partial charge is 0.489 e. The molecule has 0 aliphatic carbocycles. The molecule has 4 rings (SSSR count). The molecule has 1 aliphatic rings. The predicted molar refractivity (Wildman–Crippen MR) is 122 cm³/mol. The van der Waals surface area contributed by atoms with Gasteiger partial charge in [-0.2, -0.15) is 5.26 Å². The predicted octanol–water partition coefficient (Wildman–Crippen LogP) is 4.95. The van der Waals surface area contributed by atoms with E-state index in [1.807, 2.05) is 50.2 Å². The topological polar surface area (TPSA) is 94.6 Å². The fourth-order valence-corrected chi connectivity index (χ4v) is 4.87. The molecule has 1 aromatic heterocycles. The van der Waals surface area contributed by atoms with Gasteiger partial charge in [0, 0.05) is 4.88 Å². The molecule has 0 amide bonds. The van der Waals surface area contributed by atoms with Crippen LogP contribution in [0.15, 0.2) is 60.0 Å². The van der Waals surface area contributed by atoms with Crippen LogP contribution in [0, 0.1) is 25.2 Å². The summed E-state index contributed by atoms with van der Waals surface area (Å²) in [4.78, 5) is 13.8. The second-order valence-electron chi connectivity index (χ2n) is 7.49. The third-order valence-electron chi connectivity index (χ3n) is 5.34. The van der Waals surface area contributed by atoms with Crippen LogP contribution >= 0.6 is 11.3 Å². The average Bonchev–Trinajstić information content (AvgIpc) is 3.12. The summed E-state index contributed by atoms with van der Waals surface area (Å²) in [5.74, 6) is 0.145. The number of hydrogen-bond donors (Lipinski definition) is 1. The zero-order valence-electron chi connectivity index (χ0n) is 18.0. The van der Waals surface area contributed by atoms with Gasteiger partial charge in [0.25, 0.3) is 0 Å². The Morgan fingerprint density at radius 3 is 2.47 bits per heavy atom. The van der Waals surface area contributed by atoms with Crippen molar-refractivity contribution in [1.82, 2.24) is 0 Å². The molecular formula is C25H22N2O4S. The summed E-state index contributed by atoms with van der Waals surface area (Å²) in [6, 6.07) is 17.9. The molecule has 0 saturated heterocycles. The molecule has 1 unspecified atom stereocenters. The number of hydrogen-bond acceptors (Lipinski definition) is 7. The van der Waals surface area contributed by atoms with Crippen molar-refractivity contribution < 1.29 is 19.0 Å². The molecular weight excluding hydrogens is 424 g/mol. The lowest BCUT2D eigenvalue weighted by molar-refractivity contribution is 0.0597. The van der Waals surface area contributed by atoms with Crippen LogP contribution < -0.4 is 15.2 Å². The van der Waals surface area contributed by atoms with E-state index in [2.05, 4.69) is 18.2 Å². The van der Waals surface area contributed by atoms with Crippen molar-refractivity contribution in [2.24, 2.45) is 5.73 Å². The minimum absolute atomic E-state index is 0.00680. The summed E-state index contributed by atoms with van der Waals surface area (Å²) in [6.45, 7) is 4.33. The van der Waals surface area contributed by atoms with E-state index >= 15 is 0 Å². The number of rotatable bonds is 5. The summed E-state index contributed by atoms with van der Waals surface area (Å²) in [7, 11) is 1.32. The standard InChI is InChI=1S/C25H22N2O4S/c1-14-4-6-16(7-5-14)13-30-18-10-8-17(9-11-18)21-19(12-26)24(27)31-22-20(25(28)29-3)15(2)32-23(21)22/h4-11,21H,13,27H2,1-3H3. The molecule has 7 heteroatoms. The van der Waals surface area contributed by atoms with Crippen LogP contribution in [0.2, 0.25) is 0 Å². The molecule has 2 heterocycles. The molecule has 1 aliphatic heterocycles. The van der Waals surface area contributed by atoms with Gasteiger partial charge in [-0.05, 0) is 37.1 Å². The molecule has 2 N–H and O–H groups in total. The SMILES string of the molecule is COC(=O)c1c(C)sc2c1OC(N)=C(C#N)C2c1ccc(OCc2ccc(C)cc2)cc1. The Kier molecular flexibility index (Phi) is 5.89. The summed E-state index contributed by atoms with van der Waals surface area (Å²) in [5.41, 5.74) is 9.86. The van der Waals surface area contributed by atoms with Gasteiger partial charge in [-0.25, -0.2) is 4.79 Å². The lowest BCUT2D eigenvalue weighted by Crippen LogP contribution is -2.21. The minimum atomic E-state index is -0.494. The Morgan fingerprint density at radius 2 is 1.84 bits per heavy atom. The fraction of sp³-hybridized carbons (Fsp3) is 0.200. The Bertz CT molecular complexity index is 1230. The zero-order valence-corrected chi connectivity index (χ0v) is 18.8. The highest BCUT2D eigenvalue weighted by Gasteiger charge is 2.37. The van der Waals surface area contributed by atoms with Crippen LogP contribution in [0.4, 0.5) is 0 Å². The van der Waals surface area contributed by atoms with E-state index in [-0.39, 0.29) is 5.88 Å². The fourth-order valence-electron chi connectivity index (χ4n) is 3.66. The molecule has 0 bridgehead atoms. The Hall–Kier alpha value is -3.76. The maximum absolute atomic E-state index is 12.3. The first-order chi connectivity index (χ1) is 15.4. The van der Waals surface area contributed by atoms with Crippen molar-refractivity contribution in [2.75, 3.05) is 7.11 Å². The molecule has 2 aromatic carbocycles. The molecule has 0 fully saturated rings. The van der Waals surface area contributed by atoms with E-state index in [0.29, 0.717) is 23.5 Å². The third-order valence-corrected chi connectivity index (χ3v) is 6.50. The summed E-state index contributed by atoms with van der Waals surface area (Å²) in [6.07, 6.45) is 0. The van der Waals surface area contributed by atoms with Gasteiger partial charge < -0.3 is 19.9 Å². The molecule has 0 saturated carbocycles. The van der Waals surface area contributed by atoms with Crippen molar-refractivity contribution in [3.63, 3.8) is 0 Å². The van der Waals surface area contributed by atoms with Crippen molar-refractivity contribution in [3.8, 4) is 17.6 Å². The molecule has 0 spiro atoms. The van der Waals surface area contributed by atoms with Crippen molar-refractivity contribution in [1.29, 1.82) is 5.26 Å². The van der Waals surface area contributed by atoms with Crippen LogP contribution in [0.1, 0.15) is 42.7 Å². The van der Waals surface area contributed by atoms with Crippen LogP contribution in [0.5, 0.6) is 11.5 Å². The molecule has 3 aromatic rings. The second kappa shape index (κ2) is 8.77. The van der Waals surface area contributed by atoms with Crippen molar-refractivity contribution in [2.45, 2.75) is 26.4 Å². The first-order valence-electron chi connectivity index (χ1n) is 10.0. The Labute approximate surface area is 190 Å². The first kappa shape index (κ1) is 21.5. The highest BCUT2D eigenvalue weighted by atomic mass is 32.1. The van der Waals surface area contributed by atoms with Crippen molar-refractivity contribution >= 4 is 17.3 Å². The number of nitriles is 1. The monoisotopic (exact) mass is 446 g/mol. The van der Waals surface area contributed by atoms with E-state index in [1.165, 1.54) is 24.0 Å². The first-order valence-corrected chi connectivity index (χ1v) is 10.8. The van der Waals surface area contributed by atoms with E-state index in [1.54, 1.807) is 0 Å². The number of methoxy groups -OCH3 is 1. The quantitative estimate of drug-likeness (QED) is 0.557. The van der Waals surface area contributed by atoms with Gasteiger partial charge in [0.2, 0.25) is 5.88 Å². The number of fused-ring (bicyclic) bond motifs is 1. The number of esters is 1. The number of nitrogens with zero attached hydrogens (tertiary/aromatic N) is 1. The number of allylic oxidation sites excluding steroid dienone is 1. The molecule has 1 atom stereocenters. The lowest BCUT2D eigenvalue weighted by Gasteiger charge is -2.24. The number of carbonyl (C=O) groups excluding carboxylic acids is 1. The number of aryl methyl sites for hydroxylation is 2. The average molecular weight is 447 g/mol. The summed E-state index contributed by atoms with van der Waals surface area (Å²) >= 11 is 1.40. The molecule has 0 radical (unpaired) electrons. The highest BCUT2D eigenvalue weighted by Crippen LogP contribution is 2.49. The zero-order chi connectivity index (χ0) is 22.8. The minimum Gasteiger partial charge on any atom is -0.489 e. The number of benzene rings is 2. The van der Waals surface area contributed by atoms with E-state index < -0.39 is 11.9 Å². The van der Waals surface area contributed by atoms with Gasteiger partial charge in [-0.1, -0.05) is 42.0 Å². The van der Waals surface area contributed by atoms with Gasteiger partial charge in [0.1, 0.15) is 29.6 Å².